The summed E-state index contributed by atoms with van der Waals surface area (Å²) >= 11 is 0. The highest BCUT2D eigenvalue weighted by Crippen LogP contribution is 2.08. The fourth-order valence-corrected chi connectivity index (χ4v) is 0.652. The van der Waals surface area contributed by atoms with Gasteiger partial charge in [0.15, 0.2) is 0 Å². The van der Waals surface area contributed by atoms with Gasteiger partial charge in [-0.2, -0.15) is 0 Å². The predicted molar refractivity (Wildman–Crippen MR) is 46.2 cm³/mol. The van der Waals surface area contributed by atoms with Crippen LogP contribution in [0.25, 0.3) is 0 Å². The summed E-state index contributed by atoms with van der Waals surface area (Å²) in [5.41, 5.74) is 0. The van der Waals surface area contributed by atoms with Crippen LogP contribution >= 0.6 is 0 Å². The summed E-state index contributed by atoms with van der Waals surface area (Å²) in [5, 5.41) is 9.77. The summed E-state index contributed by atoms with van der Waals surface area (Å²) in [4.78, 5) is 12.1. The minimum absolute atomic E-state index is 0.218. The Hall–Kier alpha value is -2.04. The summed E-state index contributed by atoms with van der Waals surface area (Å²) in [6.07, 6.45) is 5.01. The van der Waals surface area contributed by atoms with Gasteiger partial charge < -0.3 is 9.40 Å². The lowest BCUT2D eigenvalue weighted by molar-refractivity contribution is -0.402. The van der Waals surface area contributed by atoms with Crippen LogP contribution in [0, 0.1) is 10.1 Å². The Morgan fingerprint density at radius 3 is 2.23 bits per heavy atom. The minimum Gasteiger partial charge on any atom is -0.409 e. The van der Waals surface area contributed by atoms with Crippen molar-refractivity contribution in [3.63, 3.8) is 0 Å². The zero-order valence-electron chi connectivity index (χ0n) is 6.71. The zero-order valence-corrected chi connectivity index (χ0v) is 6.71. The van der Waals surface area contributed by atoms with E-state index < -0.39 is 4.92 Å². The molecule has 0 aromatic carbocycles. The van der Waals surface area contributed by atoms with Gasteiger partial charge in [0.2, 0.25) is 0 Å². The second kappa shape index (κ2) is 4.76. The minimum atomic E-state index is -0.583. The molecule has 68 valence electrons. The number of hydrogen-bond donors (Lipinski definition) is 1. The molecule has 0 saturated heterocycles. The molecule has 0 spiro atoms. The number of aromatic nitrogens is 1. The van der Waals surface area contributed by atoms with Crippen LogP contribution in [0.3, 0.4) is 0 Å². The van der Waals surface area contributed by atoms with Crippen molar-refractivity contribution >= 4 is 5.88 Å². The molecule has 5 heteroatoms. The fraction of sp³-hybridized carbons (Fsp3) is 0. The average molecular weight is 180 g/mol. The van der Waals surface area contributed by atoms with Gasteiger partial charge in [0.05, 0.1) is 12.3 Å². The van der Waals surface area contributed by atoms with Crippen LogP contribution in [0.2, 0.25) is 0 Å². The van der Waals surface area contributed by atoms with Crippen molar-refractivity contribution in [2.45, 2.75) is 0 Å². The molecular weight excluding hydrogens is 172 g/mol. The third-order valence-electron chi connectivity index (χ3n) is 1.18. The molecule has 0 fully saturated rings. The summed E-state index contributed by atoms with van der Waals surface area (Å²) in [6, 6.07) is 6.65. The number of rotatable bonds is 1. The van der Waals surface area contributed by atoms with E-state index in [-0.39, 0.29) is 5.88 Å². The summed E-state index contributed by atoms with van der Waals surface area (Å²) in [5.74, 6) is -0.218. The lowest BCUT2D eigenvalue weighted by Gasteiger charge is -1.76. The number of aromatic amines is 1. The van der Waals surface area contributed by atoms with Crippen LogP contribution in [0.15, 0.2) is 47.3 Å². The van der Waals surface area contributed by atoms with E-state index in [1.54, 1.807) is 0 Å². The monoisotopic (exact) mass is 180 g/mol. The number of nitro groups is 1. The molecule has 0 atom stereocenters. The second-order valence-electron chi connectivity index (χ2n) is 2.09. The number of nitrogens with zero attached hydrogens (tertiary/aromatic N) is 1. The topological polar surface area (TPSA) is 72.1 Å². The van der Waals surface area contributed by atoms with E-state index in [0.29, 0.717) is 0 Å². The normalized spacial score (nSPS) is 8.62. The first-order valence-corrected chi connectivity index (χ1v) is 3.56. The standard InChI is InChI=1S/C4H3NO3.C4H5N/c6-5(7)4-2-1-3-8-4;1-2-4-5-3-1/h1-3H;1-5H. The van der Waals surface area contributed by atoms with Gasteiger partial charge in [-0.1, -0.05) is 0 Å². The van der Waals surface area contributed by atoms with E-state index in [0.717, 1.165) is 0 Å². The van der Waals surface area contributed by atoms with Crippen LogP contribution in [0.4, 0.5) is 5.88 Å². The van der Waals surface area contributed by atoms with Gasteiger partial charge in [0, 0.05) is 12.4 Å². The van der Waals surface area contributed by atoms with Crippen molar-refractivity contribution in [3.8, 4) is 0 Å². The third kappa shape index (κ3) is 3.24. The van der Waals surface area contributed by atoms with Gasteiger partial charge >= 0.3 is 5.88 Å². The number of nitrogens with one attached hydrogen (secondary N) is 1. The maximum Gasteiger partial charge on any atom is 0.432 e. The van der Waals surface area contributed by atoms with E-state index in [2.05, 4.69) is 9.40 Å². The number of H-pyrrole nitrogens is 1. The zero-order chi connectivity index (χ0) is 9.52. The Morgan fingerprint density at radius 1 is 1.31 bits per heavy atom. The molecule has 0 bridgehead atoms. The van der Waals surface area contributed by atoms with Crippen LogP contribution in [-0.4, -0.2) is 9.91 Å². The molecule has 0 unspecified atom stereocenters. The van der Waals surface area contributed by atoms with Gasteiger partial charge in [-0.25, -0.2) is 0 Å². The lowest BCUT2D eigenvalue weighted by Crippen LogP contribution is -1.81. The Balaban J connectivity index is 0.000000145. The molecule has 1 N–H and O–H groups in total. The molecule has 0 aliphatic heterocycles. The van der Waals surface area contributed by atoms with Crippen molar-refractivity contribution < 1.29 is 9.34 Å². The third-order valence-corrected chi connectivity index (χ3v) is 1.18. The average Bonchev–Trinajstić information content (AvgIpc) is 2.82. The number of furan rings is 1. The molecule has 0 saturated carbocycles. The molecule has 0 radical (unpaired) electrons. The number of hydrogen-bond acceptors (Lipinski definition) is 3. The predicted octanol–water partition coefficient (Wildman–Crippen LogP) is 2.20. The smallest absolute Gasteiger partial charge is 0.409 e. The van der Waals surface area contributed by atoms with Gasteiger partial charge in [-0.3, -0.25) is 10.1 Å². The molecule has 2 aromatic rings. The Kier molecular flexibility index (Phi) is 3.31. The Bertz CT molecular complexity index is 309. The maximum absolute atomic E-state index is 9.77. The molecule has 13 heavy (non-hydrogen) atoms. The molecule has 0 amide bonds. The molecule has 0 aliphatic rings. The first kappa shape index (κ1) is 9.05. The highest BCUT2D eigenvalue weighted by molar-refractivity contribution is 5.11. The highest BCUT2D eigenvalue weighted by atomic mass is 16.6. The molecule has 2 heterocycles. The van der Waals surface area contributed by atoms with Gasteiger partial charge in [-0.15, -0.1) is 0 Å². The van der Waals surface area contributed by atoms with E-state index in [1.807, 2.05) is 24.5 Å². The first-order chi connectivity index (χ1) is 6.30. The summed E-state index contributed by atoms with van der Waals surface area (Å²) < 4.78 is 4.40. The molecule has 2 aromatic heterocycles. The first-order valence-electron chi connectivity index (χ1n) is 3.56. The van der Waals surface area contributed by atoms with E-state index >= 15 is 0 Å². The van der Waals surface area contributed by atoms with Crippen molar-refractivity contribution in [2.24, 2.45) is 0 Å². The van der Waals surface area contributed by atoms with E-state index in [1.165, 1.54) is 18.4 Å². The largest absolute Gasteiger partial charge is 0.432 e. The summed E-state index contributed by atoms with van der Waals surface area (Å²) in [6.45, 7) is 0. The fourth-order valence-electron chi connectivity index (χ4n) is 0.652. The van der Waals surface area contributed by atoms with E-state index in [9.17, 15) is 10.1 Å². The van der Waals surface area contributed by atoms with Crippen LogP contribution in [0.5, 0.6) is 0 Å². The SMILES string of the molecule is O=[N+]([O-])c1ccco1.c1cc[nH]c1. The van der Waals surface area contributed by atoms with Crippen molar-refractivity contribution in [2.75, 3.05) is 0 Å². The van der Waals surface area contributed by atoms with Crippen molar-refractivity contribution in [1.29, 1.82) is 0 Å². The molecule has 0 aliphatic carbocycles. The van der Waals surface area contributed by atoms with Crippen LogP contribution in [-0.2, 0) is 0 Å². The van der Waals surface area contributed by atoms with Gasteiger partial charge in [0.1, 0.15) is 4.92 Å². The van der Waals surface area contributed by atoms with Crippen LogP contribution in [0.1, 0.15) is 0 Å². The Morgan fingerprint density at radius 2 is 2.00 bits per heavy atom. The maximum atomic E-state index is 9.77. The molecule has 2 rings (SSSR count). The summed E-state index contributed by atoms with van der Waals surface area (Å²) in [7, 11) is 0. The lowest BCUT2D eigenvalue weighted by atomic mass is 10.6. The molecule has 5 nitrogen and oxygen atoms in total. The molecular formula is C8H8N2O3. The van der Waals surface area contributed by atoms with Gasteiger partial charge in [-0.05, 0) is 18.2 Å². The van der Waals surface area contributed by atoms with Crippen LogP contribution < -0.4 is 0 Å². The quantitative estimate of drug-likeness (QED) is 0.540. The van der Waals surface area contributed by atoms with Crippen molar-refractivity contribution in [3.05, 3.63) is 53.0 Å². The van der Waals surface area contributed by atoms with Crippen molar-refractivity contribution in [1.82, 2.24) is 4.98 Å². The Labute approximate surface area is 74.2 Å². The van der Waals surface area contributed by atoms with Gasteiger partial charge in [0.25, 0.3) is 0 Å². The second-order valence-corrected chi connectivity index (χ2v) is 2.09. The van der Waals surface area contributed by atoms with E-state index in [4.69, 9.17) is 0 Å². The highest BCUT2D eigenvalue weighted by Gasteiger charge is 2.04.